The molecule has 7 rings (SSSR count). The van der Waals surface area contributed by atoms with E-state index >= 15 is 14.4 Å². The minimum absolute atomic E-state index is 0.00833. The number of aryl methyl sites for hydroxylation is 1. The fourth-order valence-electron chi connectivity index (χ4n) is 17.6. The van der Waals surface area contributed by atoms with Crippen LogP contribution in [0.5, 0.6) is 17.2 Å². The summed E-state index contributed by atoms with van der Waals surface area (Å²) in [6.45, 7) is 16.8. The van der Waals surface area contributed by atoms with Crippen molar-refractivity contribution < 1.29 is 57.1 Å². The average Bonchev–Trinajstić information content (AvgIpc) is 0.987. The molecule has 3 heterocycles. The topological polar surface area (TPSA) is 207 Å². The summed E-state index contributed by atoms with van der Waals surface area (Å²) in [5.74, 6) is 0.365. The predicted molar refractivity (Wildman–Crippen MR) is 500 cm³/mol. The van der Waals surface area contributed by atoms with Crippen molar-refractivity contribution in [1.82, 2.24) is 19.4 Å². The maximum absolute atomic E-state index is 15.3. The van der Waals surface area contributed by atoms with Crippen LogP contribution in [0.2, 0.25) is 5.04 Å². The van der Waals surface area contributed by atoms with Crippen molar-refractivity contribution in [2.45, 2.75) is 393 Å². The van der Waals surface area contributed by atoms with E-state index in [1.807, 2.05) is 53.4 Å². The van der Waals surface area contributed by atoms with Gasteiger partial charge in [0.25, 0.3) is 25.7 Å². The molecule has 0 radical (unpaired) electrons. The van der Waals surface area contributed by atoms with Crippen LogP contribution in [-0.2, 0) is 30.0 Å². The number of hydrogen-bond donors (Lipinski definition) is 2. The largest absolute Gasteiger partial charge is 0.490 e. The number of nitrogens with one attached hydrogen (secondary N) is 1. The van der Waals surface area contributed by atoms with Gasteiger partial charge in [-0.15, -0.1) is 0 Å². The Bertz CT molecular complexity index is 3640. The van der Waals surface area contributed by atoms with Crippen LogP contribution in [0, 0.1) is 6.92 Å². The number of hydrogen-bond acceptors (Lipinski definition) is 14. The van der Waals surface area contributed by atoms with Crippen molar-refractivity contribution in [2.24, 2.45) is 0 Å². The van der Waals surface area contributed by atoms with Crippen LogP contribution in [-0.4, -0.2) is 142 Å². The van der Waals surface area contributed by atoms with Crippen LogP contribution in [0.3, 0.4) is 0 Å². The van der Waals surface area contributed by atoms with E-state index in [1.54, 1.807) is 30.0 Å². The molecule has 684 valence electrons. The molecule has 0 saturated carbocycles. The molecule has 2 aliphatic heterocycles. The van der Waals surface area contributed by atoms with E-state index in [-0.39, 0.29) is 68.9 Å². The lowest BCUT2D eigenvalue weighted by Crippen LogP contribution is -2.66. The van der Waals surface area contributed by atoms with Gasteiger partial charge < -0.3 is 52.5 Å². The summed E-state index contributed by atoms with van der Waals surface area (Å²) in [6, 6.07) is 29.0. The number of H-pyrrole nitrogens is 1. The molecule has 0 aliphatic carbocycles. The molecule has 122 heavy (non-hydrogen) atoms. The number of aliphatic hydroxyl groups is 1. The second kappa shape index (κ2) is 60.9. The third-order valence-electron chi connectivity index (χ3n) is 25.0. The first-order valence-corrected chi connectivity index (χ1v) is 50.9. The number of aliphatic hydroxyl groups excluding tert-OH is 1. The molecule has 2 amide bonds. The van der Waals surface area contributed by atoms with Crippen molar-refractivity contribution in [1.29, 1.82) is 0 Å². The van der Waals surface area contributed by atoms with Gasteiger partial charge in [-0.3, -0.25) is 23.9 Å². The van der Waals surface area contributed by atoms with E-state index in [2.05, 4.69) is 70.8 Å². The van der Waals surface area contributed by atoms with Crippen molar-refractivity contribution in [3.8, 4) is 17.2 Å². The highest BCUT2D eigenvalue weighted by molar-refractivity contribution is 6.99. The van der Waals surface area contributed by atoms with Crippen molar-refractivity contribution >= 4 is 36.5 Å². The predicted octanol–water partition coefficient (Wildman–Crippen LogP) is 23.6. The monoisotopic (exact) mass is 1710 g/mol. The first-order valence-electron chi connectivity index (χ1n) is 49.0. The number of aromatic nitrogens is 2. The molecule has 5 aromatic rings. The van der Waals surface area contributed by atoms with Gasteiger partial charge in [-0.2, -0.15) is 0 Å². The van der Waals surface area contributed by atoms with Crippen LogP contribution in [0.1, 0.15) is 398 Å². The SMILES string of the molecule is CCCCCCCCCCCCCCCCCCOc1cc(C(=O)N2CCN(C(=O)c3ccc(C(=O)OC4[C@@H](CO)O[C@@H](n5cc(C)c(=O)[nH]c5=O)[C@H]4OCCOC)c(CO[Si](c4ccccc4)(c4ccccc4)C(C)(C)C)c3)CC2)cc(OCCCCCCCCCCCCCCCCCC)c1OCCCCCCCCCCCCCCCCCC. The normalized spacial score (nSPS) is 15.6. The number of piperazine rings is 1. The Morgan fingerprint density at radius 1 is 0.467 bits per heavy atom. The smallest absolute Gasteiger partial charge is 0.338 e. The van der Waals surface area contributed by atoms with Crippen molar-refractivity contribution in [3.63, 3.8) is 0 Å². The Balaban J connectivity index is 1.09. The van der Waals surface area contributed by atoms with E-state index in [4.69, 9.17) is 37.6 Å². The first-order chi connectivity index (χ1) is 59.6. The standard InChI is InChI=1S/C103H164N4O14Si/c1-9-12-15-18-21-24-27-30-33-36-39-42-45-48-51-60-73-115-91-79-86(80-92(116-74-61-52-49-46-43-40-37-34-31-28-25-22-19-16-13-10-2)94(91)117-75-62-53-50-47-44-41-38-35-32-29-26-23-20-17-14-11-3)99(111)106-71-69-105(70-72-106)98(110)85-67-68-90(87(78-85)83-119-122(103(5,6)7,88-63-56-54-57-64-88)89-65-58-55-59-66-89)101(112)121-95-93(82-108)120-100(96(95)118-77-76-114-8)107-81-84(4)97(109)104-102(107)113/h54-59,63-68,78-81,93,95-96,100,108H,9-53,60-62,69-77,82-83H2,1-8H3,(H,104,109,113)/t93-,95?,96+,100-/m1/s1. The highest BCUT2D eigenvalue weighted by atomic mass is 28.4. The maximum Gasteiger partial charge on any atom is 0.338 e. The minimum Gasteiger partial charge on any atom is -0.490 e. The van der Waals surface area contributed by atoms with Gasteiger partial charge in [0, 0.05) is 56.2 Å². The molecular weight excluding hydrogens is 1550 g/mol. The summed E-state index contributed by atoms with van der Waals surface area (Å²) in [7, 11) is -1.77. The Kier molecular flexibility index (Phi) is 51.2. The Morgan fingerprint density at radius 3 is 1.22 bits per heavy atom. The highest BCUT2D eigenvalue weighted by Crippen LogP contribution is 2.42. The van der Waals surface area contributed by atoms with Gasteiger partial charge in [0.1, 0.15) is 12.2 Å². The second-order valence-electron chi connectivity index (χ2n) is 36.1. The number of benzene rings is 4. The third-order valence-corrected chi connectivity index (χ3v) is 30.0. The van der Waals surface area contributed by atoms with Gasteiger partial charge >= 0.3 is 11.7 Å². The number of rotatable bonds is 69. The molecule has 2 N–H and O–H groups in total. The van der Waals surface area contributed by atoms with Crippen molar-refractivity contribution in [3.05, 3.63) is 146 Å². The fourth-order valence-corrected chi connectivity index (χ4v) is 22.2. The fraction of sp³-hybridized carbons (Fsp3) is 0.699. The highest BCUT2D eigenvalue weighted by Gasteiger charge is 2.52. The van der Waals surface area contributed by atoms with Crippen LogP contribution < -0.4 is 35.8 Å². The number of esters is 1. The Morgan fingerprint density at radius 2 is 0.844 bits per heavy atom. The number of unbranched alkanes of at least 4 members (excludes halogenated alkanes) is 45. The van der Waals surface area contributed by atoms with Gasteiger partial charge in [0.2, 0.25) is 5.75 Å². The lowest BCUT2D eigenvalue weighted by atomic mass is 10.0. The second-order valence-corrected chi connectivity index (χ2v) is 40.4. The molecule has 19 heteroatoms. The molecule has 0 bridgehead atoms. The molecule has 4 atom stereocenters. The lowest BCUT2D eigenvalue weighted by molar-refractivity contribution is -0.0833. The molecule has 18 nitrogen and oxygen atoms in total. The minimum atomic E-state index is -3.29. The summed E-state index contributed by atoms with van der Waals surface area (Å²) in [5, 5.41) is 12.5. The van der Waals surface area contributed by atoms with E-state index < -0.39 is 61.7 Å². The van der Waals surface area contributed by atoms with Crippen LogP contribution in [0.25, 0.3) is 0 Å². The van der Waals surface area contributed by atoms with Gasteiger partial charge in [0.05, 0.1) is 51.8 Å². The molecule has 0 spiro atoms. The van der Waals surface area contributed by atoms with Crippen molar-refractivity contribution in [2.75, 3.05) is 72.9 Å². The zero-order chi connectivity index (χ0) is 87.1. The molecule has 2 aliphatic rings. The quantitative estimate of drug-likeness (QED) is 0.0211. The van der Waals surface area contributed by atoms with Gasteiger partial charge in [-0.25, -0.2) is 9.59 Å². The summed E-state index contributed by atoms with van der Waals surface area (Å²) < 4.78 is 53.5. The number of methoxy groups -OCH3 is 1. The summed E-state index contributed by atoms with van der Waals surface area (Å²) >= 11 is 0. The first kappa shape index (κ1) is 102. The van der Waals surface area contributed by atoms with E-state index in [0.29, 0.717) is 53.8 Å². The molecule has 1 aromatic heterocycles. The summed E-state index contributed by atoms with van der Waals surface area (Å²) in [4.78, 5) is 77.7. The molecule has 1 unspecified atom stereocenters. The Labute approximate surface area is 737 Å². The van der Waals surface area contributed by atoms with E-state index in [9.17, 15) is 14.7 Å². The molecule has 4 aromatic carbocycles. The number of carbonyl (C=O) groups excluding carboxylic acids is 3. The van der Waals surface area contributed by atoms with Crippen LogP contribution >= 0.6 is 0 Å². The zero-order valence-electron chi connectivity index (χ0n) is 77.4. The zero-order valence-corrected chi connectivity index (χ0v) is 78.4. The molecule has 2 saturated heterocycles. The molecule has 2 fully saturated rings. The van der Waals surface area contributed by atoms with E-state index in [1.165, 1.54) is 275 Å². The number of amides is 2. The number of aromatic amines is 1. The molecular formula is C103H164N4O14Si. The Hall–Kier alpha value is -6.61. The summed E-state index contributed by atoms with van der Waals surface area (Å²) in [5.41, 5.74) is 0.116. The van der Waals surface area contributed by atoms with Crippen LogP contribution in [0.4, 0.5) is 0 Å². The number of nitrogens with zero attached hydrogens (tertiary/aromatic N) is 3. The third kappa shape index (κ3) is 36.0. The number of carbonyl (C=O) groups is 3. The van der Waals surface area contributed by atoms with Gasteiger partial charge in [-0.1, -0.05) is 391 Å². The number of ether oxygens (including phenoxy) is 7. The van der Waals surface area contributed by atoms with Crippen LogP contribution in [0.15, 0.2) is 107 Å². The lowest BCUT2D eigenvalue weighted by Gasteiger charge is -2.43. The maximum atomic E-state index is 15.3. The average molecular weight is 1710 g/mol. The summed E-state index contributed by atoms with van der Waals surface area (Å²) in [6.07, 6.45) is 58.2. The van der Waals surface area contributed by atoms with Gasteiger partial charge in [-0.05, 0) is 77.5 Å². The van der Waals surface area contributed by atoms with E-state index in [0.717, 1.165) is 61.7 Å². The van der Waals surface area contributed by atoms with Gasteiger partial charge in [0.15, 0.2) is 23.8 Å².